The topological polar surface area (TPSA) is 36.9 Å². The zero-order valence-corrected chi connectivity index (χ0v) is 54.0. The third-order valence-corrected chi connectivity index (χ3v) is 18.5. The Balaban J connectivity index is 0.773. The lowest BCUT2D eigenvalue weighted by Gasteiger charge is -2.21. The van der Waals surface area contributed by atoms with E-state index in [9.17, 15) is 0 Å². The fourth-order valence-electron chi connectivity index (χ4n) is 13.1. The van der Waals surface area contributed by atoms with Crippen molar-refractivity contribution in [2.24, 2.45) is 0 Å². The van der Waals surface area contributed by atoms with E-state index in [1.807, 2.05) is 48.5 Å². The van der Waals surface area contributed by atoms with Crippen LogP contribution in [0.4, 0.5) is 0 Å². The van der Waals surface area contributed by atoms with E-state index in [0.717, 1.165) is 157 Å². The van der Waals surface area contributed by atoms with Crippen molar-refractivity contribution in [2.45, 2.75) is 27.7 Å². The first-order chi connectivity index (χ1) is 47.2. The molecule has 0 saturated heterocycles. The number of allylic oxidation sites excluding steroid dienone is 4. The van der Waals surface area contributed by atoms with E-state index in [1.165, 1.54) is 22.3 Å². The maximum Gasteiger partial charge on any atom is 0.127 e. The number of ether oxygens (including phenoxy) is 4. The van der Waals surface area contributed by atoms with E-state index in [0.29, 0.717) is 0 Å². The molecule has 0 unspecified atom stereocenters. The van der Waals surface area contributed by atoms with Crippen LogP contribution in [-0.2, 0) is 0 Å². The maximum absolute atomic E-state index is 6.53. The van der Waals surface area contributed by atoms with Gasteiger partial charge in [-0.05, 0) is 258 Å². The average molecular weight is 1240 g/mol. The Morgan fingerprint density at radius 1 is 0.135 bits per heavy atom. The van der Waals surface area contributed by atoms with Crippen molar-refractivity contribution in [2.75, 3.05) is 0 Å². The van der Waals surface area contributed by atoms with Crippen molar-refractivity contribution in [1.29, 1.82) is 0 Å². The summed E-state index contributed by atoms with van der Waals surface area (Å²) in [7, 11) is 0. The molecular weight excluding hydrogens is 1170 g/mol. The monoisotopic (exact) mass is 1240 g/mol. The summed E-state index contributed by atoms with van der Waals surface area (Å²) in [5, 5.41) is 0. The Morgan fingerprint density at radius 2 is 0.281 bits per heavy atom. The summed E-state index contributed by atoms with van der Waals surface area (Å²) in [5.74, 6) is 6.09. The van der Waals surface area contributed by atoms with Gasteiger partial charge in [0.15, 0.2) is 0 Å². The summed E-state index contributed by atoms with van der Waals surface area (Å²) in [6.07, 6.45) is 0. The molecule has 0 radical (unpaired) electrons. The van der Waals surface area contributed by atoms with Crippen LogP contribution in [0.2, 0.25) is 0 Å². The number of hydrogen-bond acceptors (Lipinski definition) is 4. The molecule has 96 heavy (non-hydrogen) atoms. The van der Waals surface area contributed by atoms with Gasteiger partial charge in [0.2, 0.25) is 0 Å². The number of rotatable bonds is 4. The molecule has 4 nitrogen and oxygen atoms in total. The Morgan fingerprint density at radius 3 is 0.438 bits per heavy atom. The van der Waals surface area contributed by atoms with Gasteiger partial charge in [-0.2, -0.15) is 0 Å². The van der Waals surface area contributed by atoms with Crippen molar-refractivity contribution < 1.29 is 18.9 Å². The summed E-state index contributed by atoms with van der Waals surface area (Å²) in [4.78, 5) is 0. The Hall–Kier alpha value is -12.2. The summed E-state index contributed by atoms with van der Waals surface area (Å²) >= 11 is 0. The van der Waals surface area contributed by atoms with Crippen molar-refractivity contribution in [3.63, 3.8) is 0 Å². The second-order valence-corrected chi connectivity index (χ2v) is 24.4. The van der Waals surface area contributed by atoms with E-state index in [4.69, 9.17) is 18.9 Å². The van der Waals surface area contributed by atoms with E-state index in [2.05, 4.69) is 319 Å². The highest BCUT2D eigenvalue weighted by Crippen LogP contribution is 2.49. The summed E-state index contributed by atoms with van der Waals surface area (Å²) in [6.45, 7) is 8.70. The molecule has 0 atom stereocenters. The maximum atomic E-state index is 6.53. The average Bonchev–Trinajstić information content (AvgIpc) is 0.764. The molecule has 0 N–H and O–H groups in total. The predicted molar refractivity (Wildman–Crippen MR) is 399 cm³/mol. The highest BCUT2D eigenvalue weighted by molar-refractivity contribution is 6.03. The molecule has 14 aromatic carbocycles. The minimum absolute atomic E-state index is 0.758. The van der Waals surface area contributed by atoms with Crippen molar-refractivity contribution >= 4 is 22.3 Å². The third kappa shape index (κ3) is 12.6. The molecular formula is C92H68O4. The van der Waals surface area contributed by atoms with Gasteiger partial charge < -0.3 is 18.9 Å². The Bertz CT molecular complexity index is 4460. The normalized spacial score (nSPS) is 12.2. The third-order valence-electron chi connectivity index (χ3n) is 18.5. The van der Waals surface area contributed by atoms with Crippen LogP contribution >= 0.6 is 0 Å². The second kappa shape index (κ2) is 26.8. The lowest BCUT2D eigenvalue weighted by Crippen LogP contribution is -1.95. The van der Waals surface area contributed by atoms with Crippen molar-refractivity contribution in [1.82, 2.24) is 0 Å². The van der Waals surface area contributed by atoms with E-state index < -0.39 is 0 Å². The second-order valence-electron chi connectivity index (χ2n) is 24.4. The summed E-state index contributed by atoms with van der Waals surface area (Å²) in [6, 6.07) is 119. The molecule has 13 aliphatic rings. The van der Waals surface area contributed by atoms with Crippen LogP contribution in [0, 0.1) is 0 Å². The molecule has 13 aliphatic heterocycles. The molecule has 0 aliphatic carbocycles. The fourth-order valence-corrected chi connectivity index (χ4v) is 13.1. The zero-order valence-electron chi connectivity index (χ0n) is 54.0. The van der Waals surface area contributed by atoms with Crippen molar-refractivity contribution in [3.05, 3.63) is 362 Å². The molecule has 0 amide bonds. The van der Waals surface area contributed by atoms with Gasteiger partial charge >= 0.3 is 0 Å². The lowest BCUT2D eigenvalue weighted by atomic mass is 9.83. The first-order valence-electron chi connectivity index (χ1n) is 32.7. The van der Waals surface area contributed by atoms with Crippen LogP contribution in [0.5, 0.6) is 46.0 Å². The van der Waals surface area contributed by atoms with Gasteiger partial charge in [-0.25, -0.2) is 0 Å². The molecule has 13 heterocycles. The first-order valence-corrected chi connectivity index (χ1v) is 32.7. The van der Waals surface area contributed by atoms with Gasteiger partial charge in [-0.1, -0.05) is 243 Å². The summed E-state index contributed by atoms with van der Waals surface area (Å²) < 4.78 is 26.1. The molecule has 0 spiro atoms. The van der Waals surface area contributed by atoms with Gasteiger partial charge in [-0.3, -0.25) is 0 Å². The van der Waals surface area contributed by atoms with Gasteiger partial charge in [0.25, 0.3) is 0 Å². The molecule has 0 saturated carbocycles. The van der Waals surface area contributed by atoms with Crippen molar-refractivity contribution in [3.8, 4) is 135 Å². The van der Waals surface area contributed by atoms with Crippen LogP contribution < -0.4 is 18.9 Å². The molecule has 0 fully saturated rings. The lowest BCUT2D eigenvalue weighted by molar-refractivity contribution is 0.482. The fraction of sp³-hybridized carbons (Fsp3) is 0.0435. The SMILES string of the molecule is CC1=C(C)c2ccc(cc2)Oc2ccc(cc2)-c2ccc(c(-c3ccccc3)c2-c2ccccc2)-c2ccc(cc2)Oc2ccc(cc2)C(C)=C(C)c2ccc(cc2)Oc2ccc(cc2)-c2ccc(c(-c3ccccc3)c2-c2ccccc2)-c2ccc(cc2)Oc2ccc1cc2. The number of benzene rings is 14. The smallest absolute Gasteiger partial charge is 0.127 e. The highest BCUT2D eigenvalue weighted by atomic mass is 16.5. The Kier molecular flexibility index (Phi) is 16.7. The van der Waals surface area contributed by atoms with Gasteiger partial charge in [0.1, 0.15) is 46.0 Å². The molecule has 460 valence electrons. The Labute approximate surface area is 562 Å². The standard InChI is InChI=1S/C92H68O4/c1-61-62(2)66-27-43-78(44-28-66)94-82-51-35-70(36-52-82)86-59-60-88(92(76-23-15-8-16-24-76)90(86)74-19-11-6-12-20-74)72-39-55-84(56-40-72)96-80-47-31-68(32-48-80)64(4)63(3)67-29-45-79(46-30-67)95-83-53-37-71(38-54-83)87-58-57-85(69-33-49-81(50-34-69)93-77-41-25-65(61)26-42-77)89(73-17-9-5-10-18-73)91(87)75-21-13-7-14-22-75/h5-60H,1-4H3. The van der Waals surface area contributed by atoms with E-state index in [1.54, 1.807) is 0 Å². The zero-order chi connectivity index (χ0) is 64.9. The van der Waals surface area contributed by atoms with Crippen LogP contribution in [-0.4, -0.2) is 0 Å². The minimum atomic E-state index is 0.758. The van der Waals surface area contributed by atoms with Gasteiger partial charge in [0, 0.05) is 0 Å². The molecule has 14 aromatic rings. The minimum Gasteiger partial charge on any atom is -0.457 e. The molecule has 27 rings (SSSR count). The molecule has 4 heteroatoms. The molecule has 0 aromatic heterocycles. The van der Waals surface area contributed by atoms with E-state index in [-0.39, 0.29) is 0 Å². The summed E-state index contributed by atoms with van der Waals surface area (Å²) in [5.41, 5.74) is 27.2. The van der Waals surface area contributed by atoms with Crippen LogP contribution in [0.15, 0.2) is 340 Å². The highest BCUT2D eigenvalue weighted by Gasteiger charge is 2.22. The van der Waals surface area contributed by atoms with Crippen LogP contribution in [0.3, 0.4) is 0 Å². The van der Waals surface area contributed by atoms with E-state index >= 15 is 0 Å². The van der Waals surface area contributed by atoms with Crippen LogP contribution in [0.1, 0.15) is 49.9 Å². The predicted octanol–water partition coefficient (Wildman–Crippen LogP) is 26.4. The first kappa shape index (κ1) is 60.0. The largest absolute Gasteiger partial charge is 0.457 e. The van der Waals surface area contributed by atoms with Crippen LogP contribution in [0.25, 0.3) is 111 Å². The number of hydrogen-bond donors (Lipinski definition) is 0. The molecule has 20 bridgehead atoms. The van der Waals surface area contributed by atoms with Gasteiger partial charge in [0.05, 0.1) is 0 Å². The quantitative estimate of drug-likeness (QED) is 0.176. The van der Waals surface area contributed by atoms with Gasteiger partial charge in [-0.15, -0.1) is 0 Å².